The first-order valence-corrected chi connectivity index (χ1v) is 12.8. The van der Waals surface area contributed by atoms with Crippen LogP contribution in [0.3, 0.4) is 0 Å². The molecule has 7 nitrogen and oxygen atoms in total. The molecule has 1 saturated heterocycles. The average Bonchev–Trinajstić information content (AvgIpc) is 2.90. The van der Waals surface area contributed by atoms with Crippen LogP contribution in [0.1, 0.15) is 76.8 Å². The van der Waals surface area contributed by atoms with Crippen molar-refractivity contribution in [1.29, 1.82) is 0 Å². The van der Waals surface area contributed by atoms with Crippen molar-refractivity contribution >= 4 is 17.5 Å². The number of ketones is 2. The summed E-state index contributed by atoms with van der Waals surface area (Å²) < 4.78 is 17.3. The van der Waals surface area contributed by atoms with Gasteiger partial charge in [-0.3, -0.25) is 14.4 Å². The summed E-state index contributed by atoms with van der Waals surface area (Å²) in [5, 5.41) is 0. The van der Waals surface area contributed by atoms with Crippen LogP contribution in [-0.2, 0) is 17.6 Å². The van der Waals surface area contributed by atoms with Crippen LogP contribution in [0, 0.1) is 0 Å². The maximum absolute atomic E-state index is 12.9. The maximum Gasteiger partial charge on any atom is 0.223 e. The van der Waals surface area contributed by atoms with Gasteiger partial charge in [-0.05, 0) is 55.0 Å². The van der Waals surface area contributed by atoms with E-state index in [9.17, 15) is 14.4 Å². The second-order valence-corrected chi connectivity index (χ2v) is 10.1. The molecule has 0 N–H and O–H groups in total. The van der Waals surface area contributed by atoms with Gasteiger partial charge in [0.15, 0.2) is 23.1 Å². The second-order valence-electron chi connectivity index (χ2n) is 10.1. The third-order valence-electron chi connectivity index (χ3n) is 7.87. The van der Waals surface area contributed by atoms with E-state index in [4.69, 9.17) is 14.2 Å². The molecule has 2 aromatic rings. The summed E-state index contributed by atoms with van der Waals surface area (Å²) in [5.74, 6) is 1.34. The predicted molar refractivity (Wildman–Crippen MR) is 134 cm³/mol. The SMILES string of the molecule is COc1ccc2c(c1OC)OC1(CCN(C(=O)CCC(=O)c3ccc4c(c3)CCCC4)CC1)CC2=O. The van der Waals surface area contributed by atoms with Crippen molar-refractivity contribution in [1.82, 2.24) is 4.90 Å². The molecule has 1 aliphatic carbocycles. The molecule has 0 bridgehead atoms. The summed E-state index contributed by atoms with van der Waals surface area (Å²) in [5.41, 5.74) is 3.16. The van der Waals surface area contributed by atoms with Crippen LogP contribution < -0.4 is 14.2 Å². The van der Waals surface area contributed by atoms with E-state index in [1.807, 2.05) is 12.1 Å². The third-order valence-corrected chi connectivity index (χ3v) is 7.87. The van der Waals surface area contributed by atoms with Crippen LogP contribution in [0.15, 0.2) is 30.3 Å². The first kappa shape index (κ1) is 24.3. The van der Waals surface area contributed by atoms with E-state index in [1.54, 1.807) is 24.1 Å². The number of amides is 1. The van der Waals surface area contributed by atoms with Crippen LogP contribution in [0.4, 0.5) is 0 Å². The summed E-state index contributed by atoms with van der Waals surface area (Å²) in [7, 11) is 3.07. The fourth-order valence-electron chi connectivity index (χ4n) is 5.73. The molecule has 36 heavy (non-hydrogen) atoms. The van der Waals surface area contributed by atoms with Crippen molar-refractivity contribution in [2.24, 2.45) is 0 Å². The van der Waals surface area contributed by atoms with Crippen LogP contribution in [0.25, 0.3) is 0 Å². The largest absolute Gasteiger partial charge is 0.493 e. The van der Waals surface area contributed by atoms with Gasteiger partial charge in [0.2, 0.25) is 11.7 Å². The van der Waals surface area contributed by atoms with E-state index in [-0.39, 0.29) is 36.7 Å². The fraction of sp³-hybridized carbons (Fsp3) is 0.483. The Morgan fingerprint density at radius 1 is 0.972 bits per heavy atom. The molecule has 2 heterocycles. The number of piperidine rings is 1. The van der Waals surface area contributed by atoms with E-state index in [2.05, 4.69) is 6.07 Å². The Labute approximate surface area is 211 Å². The summed E-state index contributed by atoms with van der Waals surface area (Å²) >= 11 is 0. The van der Waals surface area contributed by atoms with Gasteiger partial charge >= 0.3 is 0 Å². The number of carbonyl (C=O) groups is 3. The minimum absolute atomic E-state index is 0.00706. The highest BCUT2D eigenvalue weighted by Gasteiger charge is 2.45. The summed E-state index contributed by atoms with van der Waals surface area (Å²) in [4.78, 5) is 40.4. The molecule has 1 fully saturated rings. The van der Waals surface area contributed by atoms with Crippen molar-refractivity contribution < 1.29 is 28.6 Å². The van der Waals surface area contributed by atoms with Crippen molar-refractivity contribution in [2.75, 3.05) is 27.3 Å². The number of benzene rings is 2. The van der Waals surface area contributed by atoms with E-state index >= 15 is 0 Å². The number of hydrogen-bond acceptors (Lipinski definition) is 6. The zero-order valence-electron chi connectivity index (χ0n) is 21.1. The Bertz CT molecular complexity index is 1190. The highest BCUT2D eigenvalue weighted by atomic mass is 16.5. The average molecular weight is 492 g/mol. The fourth-order valence-corrected chi connectivity index (χ4v) is 5.73. The molecule has 2 aromatic carbocycles. The lowest BCUT2D eigenvalue weighted by Gasteiger charge is -2.44. The Balaban J connectivity index is 1.19. The first-order chi connectivity index (χ1) is 17.4. The number of nitrogens with zero attached hydrogens (tertiary/aromatic N) is 1. The standard InChI is InChI=1S/C29H33NO6/c1-34-25-11-9-22-24(32)18-29(36-27(22)28(25)35-2)13-15-30(16-14-29)26(33)12-10-23(31)21-8-7-19-5-3-4-6-20(19)17-21/h7-9,11,17H,3-6,10,12-16,18H2,1-2H3. The smallest absolute Gasteiger partial charge is 0.223 e. The number of ether oxygens (including phenoxy) is 3. The zero-order chi connectivity index (χ0) is 25.3. The molecule has 0 aromatic heterocycles. The number of hydrogen-bond donors (Lipinski definition) is 0. The number of likely N-dealkylation sites (tertiary alicyclic amines) is 1. The normalized spacial score (nSPS) is 18.2. The van der Waals surface area contributed by atoms with Gasteiger partial charge in [-0.1, -0.05) is 12.1 Å². The highest BCUT2D eigenvalue weighted by molar-refractivity contribution is 6.01. The van der Waals surface area contributed by atoms with Gasteiger partial charge in [-0.25, -0.2) is 0 Å². The lowest BCUT2D eigenvalue weighted by atomic mass is 9.82. The molecule has 5 rings (SSSR count). The Morgan fingerprint density at radius 3 is 2.44 bits per heavy atom. The number of fused-ring (bicyclic) bond motifs is 2. The van der Waals surface area contributed by atoms with Gasteiger partial charge < -0.3 is 19.1 Å². The molecular formula is C29H33NO6. The predicted octanol–water partition coefficient (Wildman–Crippen LogP) is 4.57. The number of rotatable bonds is 6. The molecule has 0 unspecified atom stereocenters. The van der Waals surface area contributed by atoms with Gasteiger partial charge in [0.1, 0.15) is 5.60 Å². The quantitative estimate of drug-likeness (QED) is 0.551. The summed E-state index contributed by atoms with van der Waals surface area (Å²) in [6.45, 7) is 0.974. The van der Waals surface area contributed by atoms with Crippen molar-refractivity contribution in [2.45, 2.75) is 63.4 Å². The van der Waals surface area contributed by atoms with Gasteiger partial charge in [-0.15, -0.1) is 0 Å². The van der Waals surface area contributed by atoms with Crippen molar-refractivity contribution in [3.05, 3.63) is 52.6 Å². The first-order valence-electron chi connectivity index (χ1n) is 12.8. The lowest BCUT2D eigenvalue weighted by molar-refractivity contribution is -0.134. The molecule has 0 atom stereocenters. The minimum Gasteiger partial charge on any atom is -0.493 e. The van der Waals surface area contributed by atoms with E-state index in [0.29, 0.717) is 54.3 Å². The Kier molecular flexibility index (Phi) is 6.73. The molecule has 190 valence electrons. The molecule has 7 heteroatoms. The molecule has 1 amide bonds. The zero-order valence-corrected chi connectivity index (χ0v) is 21.1. The number of methoxy groups -OCH3 is 2. The number of aryl methyl sites for hydroxylation is 2. The topological polar surface area (TPSA) is 82.1 Å². The minimum atomic E-state index is -0.667. The van der Waals surface area contributed by atoms with Crippen molar-refractivity contribution in [3.8, 4) is 17.2 Å². The number of carbonyl (C=O) groups excluding carboxylic acids is 3. The Hall–Kier alpha value is -3.35. The van der Waals surface area contributed by atoms with Gasteiger partial charge in [0.05, 0.1) is 26.2 Å². The summed E-state index contributed by atoms with van der Waals surface area (Å²) in [6, 6.07) is 9.42. The Morgan fingerprint density at radius 2 is 1.72 bits per heavy atom. The summed E-state index contributed by atoms with van der Waals surface area (Å²) in [6.07, 6.45) is 6.24. The molecule has 1 spiro atoms. The number of Topliss-reactive ketones (excluding diaryl/α,β-unsaturated/α-hetero) is 2. The molecular weight excluding hydrogens is 458 g/mol. The molecule has 3 aliphatic rings. The maximum atomic E-state index is 12.9. The second kappa shape index (κ2) is 9.96. The lowest BCUT2D eigenvalue weighted by Crippen LogP contribution is -2.52. The molecule has 0 radical (unpaired) electrons. The van der Waals surface area contributed by atoms with E-state index < -0.39 is 5.60 Å². The van der Waals surface area contributed by atoms with Crippen LogP contribution in [-0.4, -0.2) is 55.3 Å². The van der Waals surface area contributed by atoms with Crippen LogP contribution in [0.5, 0.6) is 17.2 Å². The van der Waals surface area contributed by atoms with E-state index in [1.165, 1.54) is 31.1 Å². The van der Waals surface area contributed by atoms with Crippen LogP contribution in [0.2, 0.25) is 0 Å². The van der Waals surface area contributed by atoms with E-state index in [0.717, 1.165) is 12.8 Å². The van der Waals surface area contributed by atoms with Gasteiger partial charge in [-0.2, -0.15) is 0 Å². The van der Waals surface area contributed by atoms with Crippen LogP contribution >= 0.6 is 0 Å². The molecule has 2 aliphatic heterocycles. The van der Waals surface area contributed by atoms with Gasteiger partial charge in [0, 0.05) is 44.3 Å². The molecule has 0 saturated carbocycles. The monoisotopic (exact) mass is 491 g/mol. The van der Waals surface area contributed by atoms with Gasteiger partial charge in [0.25, 0.3) is 0 Å². The highest BCUT2D eigenvalue weighted by Crippen LogP contribution is 2.47. The third kappa shape index (κ3) is 4.59. The van der Waals surface area contributed by atoms with Crippen molar-refractivity contribution in [3.63, 3.8) is 0 Å².